The van der Waals surface area contributed by atoms with E-state index in [1.54, 1.807) is 0 Å². The molecular formula is C28H34N4S. The lowest BCUT2D eigenvalue weighted by Crippen LogP contribution is -2.40. The standard InChI is InChI=1S/C28H34N4S/c1-18-11-10-12-19(2)26(18)31-20(3)17-23(21(31)4)27-25(24-15-8-9-16-29-24)30-28(33)32(27)22-13-6-5-7-14-22/h8-12,15-17,22,25,27H,5-7,13-14H2,1-4H3,(H,30,33)/t25-,27+/m1/s1. The van der Waals surface area contributed by atoms with Gasteiger partial charge in [0.2, 0.25) is 0 Å². The highest BCUT2D eigenvalue weighted by molar-refractivity contribution is 7.80. The van der Waals surface area contributed by atoms with Crippen molar-refractivity contribution in [3.05, 3.63) is 82.4 Å². The van der Waals surface area contributed by atoms with E-state index >= 15 is 0 Å². The quantitative estimate of drug-likeness (QED) is 0.458. The first kappa shape index (κ1) is 22.1. The molecule has 33 heavy (non-hydrogen) atoms. The highest BCUT2D eigenvalue weighted by atomic mass is 32.1. The number of rotatable bonds is 4. The predicted octanol–water partition coefficient (Wildman–Crippen LogP) is 6.41. The highest BCUT2D eigenvalue weighted by Gasteiger charge is 2.44. The van der Waals surface area contributed by atoms with Gasteiger partial charge in [-0.1, -0.05) is 43.5 Å². The normalized spacial score (nSPS) is 21.5. The number of aryl methyl sites for hydroxylation is 3. The van der Waals surface area contributed by atoms with Gasteiger partial charge in [-0.2, -0.15) is 0 Å². The Morgan fingerprint density at radius 2 is 1.67 bits per heavy atom. The fourth-order valence-electron chi connectivity index (χ4n) is 6.04. The summed E-state index contributed by atoms with van der Waals surface area (Å²) in [6.45, 7) is 8.91. The molecule has 3 aromatic rings. The maximum atomic E-state index is 5.97. The van der Waals surface area contributed by atoms with Crippen LogP contribution >= 0.6 is 12.2 Å². The van der Waals surface area contributed by atoms with Crippen LogP contribution in [0.4, 0.5) is 0 Å². The highest BCUT2D eigenvalue weighted by Crippen LogP contribution is 2.44. The lowest BCUT2D eigenvalue weighted by molar-refractivity contribution is 0.197. The Morgan fingerprint density at radius 3 is 2.33 bits per heavy atom. The molecule has 5 heteroatoms. The number of hydrogen-bond acceptors (Lipinski definition) is 2. The summed E-state index contributed by atoms with van der Waals surface area (Å²) in [7, 11) is 0. The fourth-order valence-corrected chi connectivity index (χ4v) is 6.43. The first-order chi connectivity index (χ1) is 16.0. The molecule has 0 spiro atoms. The topological polar surface area (TPSA) is 33.1 Å². The number of benzene rings is 1. The zero-order chi connectivity index (χ0) is 23.1. The molecule has 2 aliphatic rings. The van der Waals surface area contributed by atoms with Gasteiger partial charge in [-0.3, -0.25) is 4.98 Å². The molecule has 1 saturated heterocycles. The van der Waals surface area contributed by atoms with Crippen LogP contribution < -0.4 is 5.32 Å². The molecule has 0 unspecified atom stereocenters. The van der Waals surface area contributed by atoms with E-state index in [-0.39, 0.29) is 12.1 Å². The van der Waals surface area contributed by atoms with Gasteiger partial charge in [0.15, 0.2) is 5.11 Å². The summed E-state index contributed by atoms with van der Waals surface area (Å²) in [5.41, 5.74) is 8.86. The third-order valence-electron chi connectivity index (χ3n) is 7.56. The van der Waals surface area contributed by atoms with E-state index in [0.29, 0.717) is 6.04 Å². The minimum absolute atomic E-state index is 0.0487. The van der Waals surface area contributed by atoms with E-state index in [2.05, 4.69) is 78.9 Å². The molecule has 1 aliphatic carbocycles. The first-order valence-electron chi connectivity index (χ1n) is 12.2. The first-order valence-corrected chi connectivity index (χ1v) is 12.6. The van der Waals surface area contributed by atoms with Crippen molar-refractivity contribution in [2.45, 2.75) is 77.9 Å². The molecule has 2 atom stereocenters. The number of nitrogens with zero attached hydrogens (tertiary/aromatic N) is 3. The molecule has 172 valence electrons. The Labute approximate surface area is 203 Å². The second-order valence-corrected chi connectivity index (χ2v) is 10.1. The van der Waals surface area contributed by atoms with Crippen molar-refractivity contribution >= 4 is 17.3 Å². The molecule has 1 saturated carbocycles. The average Bonchev–Trinajstić information content (AvgIpc) is 3.31. The van der Waals surface area contributed by atoms with Crippen molar-refractivity contribution in [2.75, 3.05) is 0 Å². The molecule has 2 aromatic heterocycles. The number of pyridine rings is 1. The lowest BCUT2D eigenvalue weighted by atomic mass is 9.90. The summed E-state index contributed by atoms with van der Waals surface area (Å²) < 4.78 is 2.44. The van der Waals surface area contributed by atoms with Crippen LogP contribution in [0.2, 0.25) is 0 Å². The van der Waals surface area contributed by atoms with Crippen LogP contribution in [0.5, 0.6) is 0 Å². The molecular weight excluding hydrogens is 424 g/mol. The maximum Gasteiger partial charge on any atom is 0.170 e. The van der Waals surface area contributed by atoms with Gasteiger partial charge >= 0.3 is 0 Å². The van der Waals surface area contributed by atoms with Crippen LogP contribution in [0.15, 0.2) is 48.7 Å². The third-order valence-corrected chi connectivity index (χ3v) is 7.88. The summed E-state index contributed by atoms with van der Waals surface area (Å²) >= 11 is 5.97. The smallest absolute Gasteiger partial charge is 0.170 e. The molecule has 2 fully saturated rings. The van der Waals surface area contributed by atoms with E-state index in [9.17, 15) is 0 Å². The lowest BCUT2D eigenvalue weighted by Gasteiger charge is -2.37. The van der Waals surface area contributed by atoms with Crippen molar-refractivity contribution < 1.29 is 0 Å². The van der Waals surface area contributed by atoms with Gasteiger partial charge in [0.05, 0.1) is 23.5 Å². The second-order valence-electron chi connectivity index (χ2n) is 9.73. The fraction of sp³-hybridized carbons (Fsp3) is 0.429. The molecule has 0 amide bonds. The summed E-state index contributed by atoms with van der Waals surface area (Å²) in [4.78, 5) is 7.26. The van der Waals surface area contributed by atoms with Gasteiger partial charge < -0.3 is 14.8 Å². The largest absolute Gasteiger partial charge is 0.352 e. The Morgan fingerprint density at radius 1 is 0.939 bits per heavy atom. The van der Waals surface area contributed by atoms with Crippen LogP contribution in [0, 0.1) is 27.7 Å². The second kappa shape index (κ2) is 8.94. The van der Waals surface area contributed by atoms with Crippen molar-refractivity contribution in [3.8, 4) is 5.69 Å². The number of thiocarbonyl (C=S) groups is 1. The van der Waals surface area contributed by atoms with E-state index in [0.717, 1.165) is 10.8 Å². The van der Waals surface area contributed by atoms with Gasteiger partial charge in [-0.05, 0) is 87.6 Å². The Bertz CT molecular complexity index is 1140. The van der Waals surface area contributed by atoms with E-state index in [1.807, 2.05) is 12.3 Å². The van der Waals surface area contributed by atoms with E-state index < -0.39 is 0 Å². The van der Waals surface area contributed by atoms with Gasteiger partial charge in [0, 0.05) is 23.6 Å². The van der Waals surface area contributed by atoms with Crippen LogP contribution in [0.1, 0.15) is 78.0 Å². The summed E-state index contributed by atoms with van der Waals surface area (Å²) in [6, 6.07) is 15.8. The van der Waals surface area contributed by atoms with Crippen LogP contribution in [0.3, 0.4) is 0 Å². The Hall–Kier alpha value is -2.66. The molecule has 0 radical (unpaired) electrons. The van der Waals surface area contributed by atoms with Crippen LogP contribution in [0.25, 0.3) is 5.69 Å². The van der Waals surface area contributed by atoms with E-state index in [4.69, 9.17) is 17.2 Å². The summed E-state index contributed by atoms with van der Waals surface area (Å²) in [6.07, 6.45) is 8.21. The predicted molar refractivity (Wildman–Crippen MR) is 139 cm³/mol. The van der Waals surface area contributed by atoms with E-state index in [1.165, 1.54) is 65.9 Å². The number of aromatic nitrogens is 2. The molecule has 5 rings (SSSR count). The molecule has 0 bridgehead atoms. The average molecular weight is 459 g/mol. The molecule has 1 aromatic carbocycles. The summed E-state index contributed by atoms with van der Waals surface area (Å²) in [5.74, 6) is 0. The number of nitrogens with one attached hydrogen (secondary N) is 1. The Balaban J connectivity index is 1.66. The zero-order valence-electron chi connectivity index (χ0n) is 20.1. The van der Waals surface area contributed by atoms with Crippen molar-refractivity contribution in [3.63, 3.8) is 0 Å². The minimum Gasteiger partial charge on any atom is -0.352 e. The van der Waals surface area contributed by atoms with Crippen LogP contribution in [-0.4, -0.2) is 25.6 Å². The van der Waals surface area contributed by atoms with Crippen molar-refractivity contribution in [2.24, 2.45) is 0 Å². The molecule has 1 N–H and O–H groups in total. The van der Waals surface area contributed by atoms with Gasteiger partial charge in [0.25, 0.3) is 0 Å². The Kier molecular flexibility index (Phi) is 6.00. The minimum atomic E-state index is 0.0487. The third kappa shape index (κ3) is 3.86. The zero-order valence-corrected chi connectivity index (χ0v) is 21.0. The molecule has 4 nitrogen and oxygen atoms in total. The number of hydrogen-bond donors (Lipinski definition) is 1. The van der Waals surface area contributed by atoms with Gasteiger partial charge in [0.1, 0.15) is 0 Å². The van der Waals surface area contributed by atoms with Crippen molar-refractivity contribution in [1.82, 2.24) is 19.8 Å². The van der Waals surface area contributed by atoms with Crippen molar-refractivity contribution in [1.29, 1.82) is 0 Å². The van der Waals surface area contributed by atoms with Gasteiger partial charge in [-0.25, -0.2) is 0 Å². The maximum absolute atomic E-state index is 5.97. The number of para-hydroxylation sites is 1. The SMILES string of the molecule is Cc1cccc(C)c1-n1c(C)cc([C@H]2[C@@H](c3ccccn3)NC(=S)N2C2CCCCC2)c1C. The monoisotopic (exact) mass is 458 g/mol. The molecule has 3 heterocycles. The summed E-state index contributed by atoms with van der Waals surface area (Å²) in [5, 5.41) is 4.54. The van der Waals surface area contributed by atoms with Gasteiger partial charge in [-0.15, -0.1) is 0 Å². The molecule has 1 aliphatic heterocycles. The van der Waals surface area contributed by atoms with Crippen LogP contribution in [-0.2, 0) is 0 Å².